The molecule has 26 heavy (non-hydrogen) atoms. The summed E-state index contributed by atoms with van der Waals surface area (Å²) >= 11 is 0. The Morgan fingerprint density at radius 2 is 2.00 bits per heavy atom. The lowest BCUT2D eigenvalue weighted by Crippen LogP contribution is -2.42. The van der Waals surface area contributed by atoms with Crippen LogP contribution in [0.25, 0.3) is 11.0 Å². The fourth-order valence-electron chi connectivity index (χ4n) is 4.18. The first-order valence-corrected chi connectivity index (χ1v) is 9.45. The molecular weight excluding hydrogens is 328 g/mol. The number of carbonyl (C=O) groups is 1. The van der Waals surface area contributed by atoms with E-state index in [1.165, 1.54) is 0 Å². The van der Waals surface area contributed by atoms with Crippen LogP contribution in [-0.2, 0) is 11.3 Å². The third-order valence-electron chi connectivity index (χ3n) is 5.55. The van der Waals surface area contributed by atoms with E-state index in [1.54, 1.807) is 4.90 Å². The molecule has 7 nitrogen and oxygen atoms in total. The predicted octanol–water partition coefficient (Wildman–Crippen LogP) is 1.70. The highest BCUT2D eigenvalue weighted by Gasteiger charge is 2.30. The van der Waals surface area contributed by atoms with E-state index in [0.717, 1.165) is 49.7 Å². The van der Waals surface area contributed by atoms with E-state index in [2.05, 4.69) is 21.6 Å². The molecule has 7 heteroatoms. The zero-order chi connectivity index (χ0) is 17.9. The summed E-state index contributed by atoms with van der Waals surface area (Å²) in [6.07, 6.45) is 4.96. The maximum Gasteiger partial charge on any atom is 0.237 e. The minimum Gasteiger partial charge on any atom is -0.326 e. The monoisotopic (exact) mass is 352 g/mol. The van der Waals surface area contributed by atoms with Gasteiger partial charge in [0, 0.05) is 12.6 Å². The van der Waals surface area contributed by atoms with Gasteiger partial charge in [0.2, 0.25) is 5.91 Å². The van der Waals surface area contributed by atoms with Crippen LogP contribution >= 0.6 is 0 Å². The Labute approximate surface area is 153 Å². The van der Waals surface area contributed by atoms with Crippen LogP contribution < -0.4 is 5.32 Å². The topological polar surface area (TPSA) is 86.8 Å². The van der Waals surface area contributed by atoms with Crippen molar-refractivity contribution in [1.29, 1.82) is 5.26 Å². The molecule has 1 N–H and O–H groups in total. The van der Waals surface area contributed by atoms with Crippen LogP contribution in [0.2, 0.25) is 0 Å². The fourth-order valence-corrected chi connectivity index (χ4v) is 4.18. The molecule has 1 aliphatic carbocycles. The number of hydrogen-bond donors (Lipinski definition) is 1. The third kappa shape index (κ3) is 3.56. The van der Waals surface area contributed by atoms with Crippen LogP contribution in [0, 0.1) is 17.2 Å². The van der Waals surface area contributed by atoms with Crippen LogP contribution in [0.3, 0.4) is 0 Å². The van der Waals surface area contributed by atoms with Gasteiger partial charge in [0.1, 0.15) is 17.1 Å². The number of fused-ring (bicyclic) bond motifs is 1. The Hall–Kier alpha value is -2.46. The number of carbonyl (C=O) groups excluding carboxylic acids is 1. The average molecular weight is 352 g/mol. The van der Waals surface area contributed by atoms with Gasteiger partial charge >= 0.3 is 0 Å². The van der Waals surface area contributed by atoms with Gasteiger partial charge in [-0.05, 0) is 50.2 Å². The third-order valence-corrected chi connectivity index (χ3v) is 5.55. The molecule has 2 heterocycles. The molecular formula is C19H24N6O. The first kappa shape index (κ1) is 17.0. The smallest absolute Gasteiger partial charge is 0.237 e. The summed E-state index contributed by atoms with van der Waals surface area (Å²) in [7, 11) is 0. The van der Waals surface area contributed by atoms with Crippen LogP contribution in [0.1, 0.15) is 32.1 Å². The zero-order valence-corrected chi connectivity index (χ0v) is 14.8. The molecule has 0 bridgehead atoms. The van der Waals surface area contributed by atoms with Crippen molar-refractivity contribution in [2.45, 2.75) is 50.7 Å². The molecule has 3 atom stereocenters. The maximum atomic E-state index is 12.3. The Kier molecular flexibility index (Phi) is 4.85. The van der Waals surface area contributed by atoms with Crippen LogP contribution in [0.5, 0.6) is 0 Å². The minimum absolute atomic E-state index is 0.0532. The van der Waals surface area contributed by atoms with Gasteiger partial charge in [0.15, 0.2) is 0 Å². The first-order chi connectivity index (χ1) is 12.7. The number of likely N-dealkylation sites (tertiary alicyclic amines) is 1. The van der Waals surface area contributed by atoms with Gasteiger partial charge in [-0.25, -0.2) is 0 Å². The molecule has 1 aliphatic heterocycles. The van der Waals surface area contributed by atoms with Gasteiger partial charge in [0.25, 0.3) is 0 Å². The standard InChI is InChI=1S/C19H24N6O/c20-11-16-4-3-9-24(16)19(26)12-21-15-8-7-14(10-15)13-25-22-17-5-1-2-6-18(17)23-25/h1-2,5-6,14-16,21H,3-4,7-10,12-13H2. The van der Waals surface area contributed by atoms with E-state index in [4.69, 9.17) is 5.26 Å². The molecule has 2 fully saturated rings. The molecule has 3 unspecified atom stereocenters. The molecule has 0 radical (unpaired) electrons. The van der Waals surface area contributed by atoms with E-state index in [-0.39, 0.29) is 11.9 Å². The molecule has 1 aromatic carbocycles. The summed E-state index contributed by atoms with van der Waals surface area (Å²) in [6.45, 7) is 1.87. The molecule has 1 aromatic heterocycles. The summed E-state index contributed by atoms with van der Waals surface area (Å²) in [5.41, 5.74) is 1.87. The van der Waals surface area contributed by atoms with Gasteiger partial charge in [-0.1, -0.05) is 12.1 Å². The predicted molar refractivity (Wildman–Crippen MR) is 97.0 cm³/mol. The summed E-state index contributed by atoms with van der Waals surface area (Å²) < 4.78 is 0. The van der Waals surface area contributed by atoms with Crippen LogP contribution in [0.4, 0.5) is 0 Å². The molecule has 1 saturated carbocycles. The number of amides is 1. The number of aromatic nitrogens is 3. The summed E-state index contributed by atoms with van der Waals surface area (Å²) in [5.74, 6) is 0.584. The second-order valence-electron chi connectivity index (χ2n) is 7.37. The number of hydrogen-bond acceptors (Lipinski definition) is 5. The van der Waals surface area contributed by atoms with Gasteiger partial charge < -0.3 is 10.2 Å². The molecule has 4 rings (SSSR count). The van der Waals surface area contributed by atoms with E-state index < -0.39 is 0 Å². The van der Waals surface area contributed by atoms with Crippen LogP contribution in [-0.4, -0.2) is 51.0 Å². The van der Waals surface area contributed by atoms with E-state index in [1.807, 2.05) is 29.1 Å². The number of nitrogens with one attached hydrogen (secondary N) is 1. The molecule has 2 aliphatic rings. The minimum atomic E-state index is -0.236. The van der Waals surface area contributed by atoms with Gasteiger partial charge in [0.05, 0.1) is 19.2 Å². The molecule has 0 spiro atoms. The zero-order valence-electron chi connectivity index (χ0n) is 14.8. The summed E-state index contributed by atoms with van der Waals surface area (Å²) in [6, 6.07) is 10.3. The largest absolute Gasteiger partial charge is 0.326 e. The number of nitrogens with zero attached hydrogens (tertiary/aromatic N) is 5. The summed E-state index contributed by atoms with van der Waals surface area (Å²) in [4.78, 5) is 15.9. The number of benzene rings is 1. The maximum absolute atomic E-state index is 12.3. The lowest BCUT2D eigenvalue weighted by molar-refractivity contribution is -0.130. The van der Waals surface area contributed by atoms with Crippen molar-refractivity contribution < 1.29 is 4.79 Å². The first-order valence-electron chi connectivity index (χ1n) is 9.45. The van der Waals surface area contributed by atoms with Crippen molar-refractivity contribution >= 4 is 16.9 Å². The van der Waals surface area contributed by atoms with E-state index in [9.17, 15) is 4.79 Å². The quantitative estimate of drug-likeness (QED) is 0.885. The average Bonchev–Trinajstić information content (AvgIpc) is 3.38. The number of nitriles is 1. The second-order valence-corrected chi connectivity index (χ2v) is 7.37. The molecule has 1 amide bonds. The number of rotatable bonds is 5. The Bertz CT molecular complexity index is 792. The Morgan fingerprint density at radius 3 is 2.73 bits per heavy atom. The molecule has 136 valence electrons. The highest BCUT2D eigenvalue weighted by Crippen LogP contribution is 2.27. The summed E-state index contributed by atoms with van der Waals surface area (Å²) in [5, 5.41) is 21.6. The Morgan fingerprint density at radius 1 is 1.23 bits per heavy atom. The fraction of sp³-hybridized carbons (Fsp3) is 0.579. The van der Waals surface area contributed by atoms with Crippen molar-refractivity contribution in [3.8, 4) is 6.07 Å². The van der Waals surface area contributed by atoms with Crippen molar-refractivity contribution in [3.63, 3.8) is 0 Å². The van der Waals surface area contributed by atoms with Crippen molar-refractivity contribution in [3.05, 3.63) is 24.3 Å². The molecule has 1 saturated heterocycles. The normalized spacial score (nSPS) is 25.7. The highest BCUT2D eigenvalue weighted by atomic mass is 16.2. The van der Waals surface area contributed by atoms with Crippen molar-refractivity contribution in [1.82, 2.24) is 25.2 Å². The van der Waals surface area contributed by atoms with Gasteiger partial charge in [-0.3, -0.25) is 4.79 Å². The lowest BCUT2D eigenvalue weighted by Gasteiger charge is -2.21. The van der Waals surface area contributed by atoms with Gasteiger partial charge in [-0.15, -0.1) is 0 Å². The second kappa shape index (κ2) is 7.42. The Balaban J connectivity index is 1.26. The highest BCUT2D eigenvalue weighted by molar-refractivity contribution is 5.79. The van der Waals surface area contributed by atoms with E-state index in [0.29, 0.717) is 25.0 Å². The molecule has 2 aromatic rings. The SMILES string of the molecule is N#CC1CCCN1C(=O)CNC1CCC(Cn2nc3ccccc3n2)C1. The lowest BCUT2D eigenvalue weighted by atomic mass is 10.1. The van der Waals surface area contributed by atoms with E-state index >= 15 is 0 Å². The van der Waals surface area contributed by atoms with Crippen molar-refractivity contribution in [2.75, 3.05) is 13.1 Å². The van der Waals surface area contributed by atoms with Crippen LogP contribution in [0.15, 0.2) is 24.3 Å². The van der Waals surface area contributed by atoms with Crippen molar-refractivity contribution in [2.24, 2.45) is 5.92 Å². The van der Waals surface area contributed by atoms with Gasteiger partial charge in [-0.2, -0.15) is 20.3 Å².